The van der Waals surface area contributed by atoms with Gasteiger partial charge in [-0.3, -0.25) is 0 Å². The van der Waals surface area contributed by atoms with Gasteiger partial charge in [0.2, 0.25) is 0 Å². The van der Waals surface area contributed by atoms with Crippen LogP contribution in [0.25, 0.3) is 0 Å². The Bertz CT molecular complexity index is 70.7. The highest BCUT2D eigenvalue weighted by atomic mass is 127. The smallest absolute Gasteiger partial charge is 0.177 e. The maximum Gasteiger partial charge on any atom is 0.177 e. The monoisotopic (exact) mass is 256 g/mol. The van der Waals surface area contributed by atoms with Gasteiger partial charge in [-0.2, -0.15) is 0 Å². The van der Waals surface area contributed by atoms with Gasteiger partial charge in [0.05, 0.1) is 0 Å². The summed E-state index contributed by atoms with van der Waals surface area (Å²) >= 11 is 2.44. The fraction of sp³-hybridized carbons (Fsp3) is 1.00. The van der Waals surface area contributed by atoms with E-state index in [9.17, 15) is 0 Å². The number of hydrogen-bond acceptors (Lipinski definition) is 1. The molecule has 0 radical (unpaired) electrons. The molecular formula is C6H13IOSi. The molecule has 1 saturated heterocycles. The summed E-state index contributed by atoms with van der Waals surface area (Å²) in [6.07, 6.45) is 2.75. The fourth-order valence-electron chi connectivity index (χ4n) is 1.16. The van der Waals surface area contributed by atoms with Crippen LogP contribution in [0.1, 0.15) is 12.8 Å². The van der Waals surface area contributed by atoms with E-state index in [4.69, 9.17) is 4.43 Å². The second-order valence-electron chi connectivity index (χ2n) is 2.47. The van der Waals surface area contributed by atoms with Crippen LogP contribution >= 0.6 is 22.6 Å². The Morgan fingerprint density at radius 3 is 2.89 bits per heavy atom. The summed E-state index contributed by atoms with van der Waals surface area (Å²) in [4.78, 5) is 0. The Balaban J connectivity index is 2.08. The van der Waals surface area contributed by atoms with E-state index in [2.05, 4.69) is 22.6 Å². The molecule has 0 spiro atoms. The van der Waals surface area contributed by atoms with Crippen molar-refractivity contribution in [3.8, 4) is 0 Å². The third kappa shape index (κ3) is 3.00. The Kier molecular flexibility index (Phi) is 4.16. The summed E-state index contributed by atoms with van der Waals surface area (Å²) < 4.78 is 6.95. The normalized spacial score (nSPS) is 28.3. The summed E-state index contributed by atoms with van der Waals surface area (Å²) in [7, 11) is -0.634. The van der Waals surface area contributed by atoms with E-state index in [1.165, 1.54) is 29.4 Å². The fourth-order valence-corrected chi connectivity index (χ4v) is 5.35. The second-order valence-corrected chi connectivity index (χ2v) is 6.28. The van der Waals surface area contributed by atoms with Crippen LogP contribution in [0.15, 0.2) is 0 Å². The van der Waals surface area contributed by atoms with Crippen LogP contribution < -0.4 is 0 Å². The minimum atomic E-state index is -0.634. The van der Waals surface area contributed by atoms with Gasteiger partial charge in [0, 0.05) is 6.61 Å². The molecule has 1 atom stereocenters. The van der Waals surface area contributed by atoms with Crippen molar-refractivity contribution in [2.75, 3.05) is 11.0 Å². The molecule has 1 aliphatic heterocycles. The molecule has 1 fully saturated rings. The highest BCUT2D eigenvalue weighted by Crippen LogP contribution is 2.14. The Labute approximate surface area is 72.0 Å². The van der Waals surface area contributed by atoms with Gasteiger partial charge in [-0.15, -0.1) is 0 Å². The Morgan fingerprint density at radius 2 is 2.33 bits per heavy atom. The first-order chi connectivity index (χ1) is 4.43. The third-order valence-electron chi connectivity index (χ3n) is 1.71. The van der Waals surface area contributed by atoms with Crippen molar-refractivity contribution >= 4 is 31.6 Å². The molecule has 0 aliphatic carbocycles. The quantitative estimate of drug-likeness (QED) is 0.417. The number of alkyl halides is 1. The van der Waals surface area contributed by atoms with Gasteiger partial charge in [0.25, 0.3) is 0 Å². The number of hydrogen-bond donors (Lipinski definition) is 0. The standard InChI is InChI=1S/C6H13IOSi/c7-3-6-9-5-2-1-4-8-9/h9H,1-6H2. The largest absolute Gasteiger partial charge is 0.420 e. The lowest BCUT2D eigenvalue weighted by Gasteiger charge is -2.19. The SMILES string of the molecule is ICC[SiH]1CCCCO1. The van der Waals surface area contributed by atoms with Crippen LogP contribution in [-0.2, 0) is 4.43 Å². The van der Waals surface area contributed by atoms with Crippen LogP contribution in [0, 0.1) is 0 Å². The van der Waals surface area contributed by atoms with Gasteiger partial charge < -0.3 is 4.43 Å². The van der Waals surface area contributed by atoms with Gasteiger partial charge in [-0.25, -0.2) is 0 Å². The van der Waals surface area contributed by atoms with Crippen LogP contribution in [0.5, 0.6) is 0 Å². The van der Waals surface area contributed by atoms with Gasteiger partial charge in [-0.1, -0.05) is 29.0 Å². The first-order valence-electron chi connectivity index (χ1n) is 3.61. The van der Waals surface area contributed by atoms with E-state index in [1.54, 1.807) is 0 Å². The second kappa shape index (κ2) is 4.68. The minimum Gasteiger partial charge on any atom is -0.420 e. The summed E-state index contributed by atoms with van der Waals surface area (Å²) in [5.41, 5.74) is 0. The zero-order valence-electron chi connectivity index (χ0n) is 5.61. The average molecular weight is 256 g/mol. The summed E-state index contributed by atoms with van der Waals surface area (Å²) in [6, 6.07) is 2.82. The lowest BCUT2D eigenvalue weighted by Crippen LogP contribution is -2.23. The van der Waals surface area contributed by atoms with Crippen LogP contribution in [0.3, 0.4) is 0 Å². The van der Waals surface area contributed by atoms with Crippen LogP contribution in [0.4, 0.5) is 0 Å². The predicted molar refractivity (Wildman–Crippen MR) is 50.8 cm³/mol. The van der Waals surface area contributed by atoms with Crippen LogP contribution in [0.2, 0.25) is 12.1 Å². The van der Waals surface area contributed by atoms with Crippen LogP contribution in [-0.4, -0.2) is 20.1 Å². The molecular weight excluding hydrogens is 243 g/mol. The molecule has 0 aromatic heterocycles. The van der Waals surface area contributed by atoms with E-state index in [0.717, 1.165) is 6.61 Å². The molecule has 0 saturated carbocycles. The van der Waals surface area contributed by atoms with E-state index < -0.39 is 9.04 Å². The predicted octanol–water partition coefficient (Wildman–Crippen LogP) is 1.96. The molecule has 54 valence electrons. The summed E-state index contributed by atoms with van der Waals surface area (Å²) in [6.45, 7) is 1.06. The van der Waals surface area contributed by atoms with Crippen molar-refractivity contribution in [1.82, 2.24) is 0 Å². The molecule has 0 aromatic rings. The van der Waals surface area contributed by atoms with Crippen molar-refractivity contribution in [3.63, 3.8) is 0 Å². The Morgan fingerprint density at radius 1 is 1.44 bits per heavy atom. The molecule has 0 aromatic carbocycles. The number of halogens is 1. The maximum atomic E-state index is 5.65. The molecule has 1 aliphatic rings. The highest BCUT2D eigenvalue weighted by Gasteiger charge is 2.14. The van der Waals surface area contributed by atoms with Crippen molar-refractivity contribution < 1.29 is 4.43 Å². The molecule has 1 unspecified atom stereocenters. The molecule has 3 heteroatoms. The van der Waals surface area contributed by atoms with Crippen molar-refractivity contribution in [2.45, 2.75) is 24.9 Å². The molecule has 1 heterocycles. The first-order valence-corrected chi connectivity index (χ1v) is 7.24. The molecule has 0 amide bonds. The molecule has 0 bridgehead atoms. The van der Waals surface area contributed by atoms with E-state index in [-0.39, 0.29) is 0 Å². The van der Waals surface area contributed by atoms with Crippen molar-refractivity contribution in [2.24, 2.45) is 0 Å². The first kappa shape index (κ1) is 8.01. The number of rotatable bonds is 2. The highest BCUT2D eigenvalue weighted by molar-refractivity contribution is 14.1. The third-order valence-corrected chi connectivity index (χ3v) is 6.19. The van der Waals surface area contributed by atoms with Gasteiger partial charge in [-0.05, 0) is 22.9 Å². The van der Waals surface area contributed by atoms with Gasteiger partial charge >= 0.3 is 0 Å². The summed E-state index contributed by atoms with van der Waals surface area (Å²) in [5, 5.41) is 0. The lowest BCUT2D eigenvalue weighted by molar-refractivity contribution is 0.287. The zero-order valence-corrected chi connectivity index (χ0v) is 8.92. The molecule has 9 heavy (non-hydrogen) atoms. The average Bonchev–Trinajstić information content (AvgIpc) is 1.91. The van der Waals surface area contributed by atoms with Gasteiger partial charge in [0.15, 0.2) is 9.04 Å². The van der Waals surface area contributed by atoms with Gasteiger partial charge in [0.1, 0.15) is 0 Å². The van der Waals surface area contributed by atoms with E-state index in [0.29, 0.717) is 0 Å². The molecule has 1 rings (SSSR count). The minimum absolute atomic E-state index is 0.634. The lowest BCUT2D eigenvalue weighted by atomic mass is 10.4. The van der Waals surface area contributed by atoms with E-state index >= 15 is 0 Å². The molecule has 0 N–H and O–H groups in total. The maximum absolute atomic E-state index is 5.65. The topological polar surface area (TPSA) is 9.23 Å². The summed E-state index contributed by atoms with van der Waals surface area (Å²) in [5.74, 6) is 0. The zero-order chi connectivity index (χ0) is 6.53. The molecule has 1 nitrogen and oxygen atoms in total. The van der Waals surface area contributed by atoms with Crippen molar-refractivity contribution in [1.29, 1.82) is 0 Å². The van der Waals surface area contributed by atoms with Crippen molar-refractivity contribution in [3.05, 3.63) is 0 Å². The van der Waals surface area contributed by atoms with E-state index in [1.807, 2.05) is 0 Å². The Hall–Kier alpha value is 0.907.